The van der Waals surface area contributed by atoms with Crippen molar-refractivity contribution < 1.29 is 23.0 Å². The minimum atomic E-state index is -2.95. The normalized spacial score (nSPS) is 12.7. The van der Waals surface area contributed by atoms with Crippen LogP contribution < -0.4 is 24.8 Å². The number of rotatable bonds is 6. The molecule has 1 aliphatic rings. The molecule has 1 aliphatic heterocycles. The lowest BCUT2D eigenvalue weighted by Crippen LogP contribution is -2.37. The van der Waals surface area contributed by atoms with Gasteiger partial charge in [-0.05, 0) is 18.2 Å². The van der Waals surface area contributed by atoms with Crippen LogP contribution in [0, 0.1) is 0 Å². The maximum atomic E-state index is 12.8. The Bertz CT molecular complexity index is 1090. The van der Waals surface area contributed by atoms with Crippen molar-refractivity contribution in [1.82, 2.24) is 20.2 Å². The van der Waals surface area contributed by atoms with Crippen LogP contribution in [0.15, 0.2) is 41.4 Å². The Morgan fingerprint density at radius 3 is 2.61 bits per heavy atom. The Morgan fingerprint density at radius 2 is 1.90 bits per heavy atom. The number of aliphatic imine (C=N–C) groups is 1. The second kappa shape index (κ2) is 9.98. The summed E-state index contributed by atoms with van der Waals surface area (Å²) in [4.78, 5) is 8.78. The van der Waals surface area contributed by atoms with Crippen LogP contribution in [0.5, 0.6) is 17.2 Å². The number of hydrogen-bond acceptors (Lipinski definition) is 5. The van der Waals surface area contributed by atoms with Crippen molar-refractivity contribution in [3.63, 3.8) is 0 Å². The number of aryl methyl sites for hydroxylation is 1. The highest BCUT2D eigenvalue weighted by Gasteiger charge is 2.20. The fourth-order valence-electron chi connectivity index (χ4n) is 3.23. The Labute approximate surface area is 194 Å². The first-order valence-corrected chi connectivity index (χ1v) is 9.27. The molecule has 0 bridgehead atoms. The average Bonchev–Trinajstić information content (AvgIpc) is 3.31. The van der Waals surface area contributed by atoms with Gasteiger partial charge in [-0.1, -0.05) is 12.1 Å². The molecule has 3 aromatic rings. The third-order valence-corrected chi connectivity index (χ3v) is 4.74. The molecule has 1 aromatic heterocycles. The molecule has 0 atom stereocenters. The summed E-state index contributed by atoms with van der Waals surface area (Å²) in [6.07, 6.45) is 0. The van der Waals surface area contributed by atoms with E-state index >= 15 is 0 Å². The number of nitrogens with one attached hydrogen (secondary N) is 2. The summed E-state index contributed by atoms with van der Waals surface area (Å²) in [5, 5.41) is 6.28. The molecule has 8 nitrogen and oxygen atoms in total. The van der Waals surface area contributed by atoms with Crippen LogP contribution in [0.2, 0.25) is 0 Å². The molecular formula is C20H22F2IN5O3. The highest BCUT2D eigenvalue weighted by atomic mass is 127. The summed E-state index contributed by atoms with van der Waals surface area (Å²) >= 11 is 0. The number of alkyl halides is 2. The lowest BCUT2D eigenvalue weighted by atomic mass is 10.1. The van der Waals surface area contributed by atoms with Gasteiger partial charge < -0.3 is 29.4 Å². The van der Waals surface area contributed by atoms with Gasteiger partial charge in [-0.15, -0.1) is 24.0 Å². The van der Waals surface area contributed by atoms with Crippen molar-refractivity contribution in [2.45, 2.75) is 19.7 Å². The zero-order chi connectivity index (χ0) is 21.1. The second-order valence-corrected chi connectivity index (χ2v) is 6.55. The van der Waals surface area contributed by atoms with Gasteiger partial charge in [0.1, 0.15) is 11.6 Å². The minimum Gasteiger partial charge on any atom is -0.454 e. The monoisotopic (exact) mass is 545 g/mol. The molecule has 2 aromatic carbocycles. The fraction of sp³-hybridized carbons (Fsp3) is 0.300. The number of nitrogens with zero attached hydrogens (tertiary/aromatic N) is 3. The van der Waals surface area contributed by atoms with Crippen molar-refractivity contribution in [1.29, 1.82) is 0 Å². The van der Waals surface area contributed by atoms with E-state index in [0.717, 1.165) is 16.9 Å². The molecule has 0 amide bonds. The van der Waals surface area contributed by atoms with Crippen molar-refractivity contribution in [2.24, 2.45) is 12.0 Å². The molecule has 0 unspecified atom stereocenters. The summed E-state index contributed by atoms with van der Waals surface area (Å²) in [7, 11) is 3.57. The zero-order valence-electron chi connectivity index (χ0n) is 16.9. The molecule has 2 N–H and O–H groups in total. The van der Waals surface area contributed by atoms with Crippen LogP contribution in [0.25, 0.3) is 11.0 Å². The largest absolute Gasteiger partial charge is 0.454 e. The Morgan fingerprint density at radius 1 is 1.19 bits per heavy atom. The number of para-hydroxylation sites is 2. The average molecular weight is 545 g/mol. The number of fused-ring (bicyclic) bond motifs is 2. The van der Waals surface area contributed by atoms with Crippen LogP contribution >= 0.6 is 24.0 Å². The molecule has 166 valence electrons. The van der Waals surface area contributed by atoms with E-state index in [4.69, 9.17) is 9.47 Å². The lowest BCUT2D eigenvalue weighted by molar-refractivity contribution is -0.0505. The summed E-state index contributed by atoms with van der Waals surface area (Å²) in [5.41, 5.74) is 2.44. The summed E-state index contributed by atoms with van der Waals surface area (Å²) in [5.74, 6) is 2.20. The maximum Gasteiger partial charge on any atom is 0.387 e. The first kappa shape index (κ1) is 22.8. The van der Waals surface area contributed by atoms with Crippen molar-refractivity contribution in [3.8, 4) is 17.2 Å². The van der Waals surface area contributed by atoms with Gasteiger partial charge in [-0.2, -0.15) is 8.78 Å². The molecular weight excluding hydrogens is 523 g/mol. The number of ether oxygens (including phenoxy) is 3. The van der Waals surface area contributed by atoms with Gasteiger partial charge in [0.05, 0.1) is 17.6 Å². The van der Waals surface area contributed by atoms with E-state index in [0.29, 0.717) is 29.6 Å². The predicted molar refractivity (Wildman–Crippen MR) is 122 cm³/mol. The molecule has 0 spiro atoms. The second-order valence-electron chi connectivity index (χ2n) is 6.55. The van der Waals surface area contributed by atoms with E-state index in [-0.39, 0.29) is 43.1 Å². The van der Waals surface area contributed by atoms with E-state index in [1.807, 2.05) is 35.9 Å². The fourth-order valence-corrected chi connectivity index (χ4v) is 3.23. The van der Waals surface area contributed by atoms with Gasteiger partial charge in [-0.3, -0.25) is 4.99 Å². The van der Waals surface area contributed by atoms with Crippen molar-refractivity contribution >= 4 is 41.0 Å². The van der Waals surface area contributed by atoms with Crippen LogP contribution in [0.1, 0.15) is 11.4 Å². The number of imidazole rings is 1. The van der Waals surface area contributed by atoms with E-state index in [1.54, 1.807) is 13.1 Å². The van der Waals surface area contributed by atoms with Crippen LogP contribution in [-0.4, -0.2) is 36.0 Å². The molecule has 0 saturated carbocycles. The lowest BCUT2D eigenvalue weighted by Gasteiger charge is -2.15. The van der Waals surface area contributed by atoms with Gasteiger partial charge in [-0.25, -0.2) is 4.98 Å². The molecule has 4 rings (SSSR count). The number of halogens is 3. The summed E-state index contributed by atoms with van der Waals surface area (Å²) < 4.78 is 42.8. The minimum absolute atomic E-state index is 0. The Hall–Kier alpha value is -2.83. The third kappa shape index (κ3) is 5.09. The van der Waals surface area contributed by atoms with E-state index < -0.39 is 6.61 Å². The third-order valence-electron chi connectivity index (χ3n) is 4.74. The number of aromatic nitrogens is 2. The summed E-state index contributed by atoms with van der Waals surface area (Å²) in [6, 6.07) is 10.9. The predicted octanol–water partition coefficient (Wildman–Crippen LogP) is 3.39. The van der Waals surface area contributed by atoms with E-state index in [2.05, 4.69) is 25.3 Å². The van der Waals surface area contributed by atoms with E-state index in [1.165, 1.54) is 6.07 Å². The maximum absolute atomic E-state index is 12.8. The van der Waals surface area contributed by atoms with E-state index in [9.17, 15) is 8.78 Å². The van der Waals surface area contributed by atoms with Crippen molar-refractivity contribution in [2.75, 3.05) is 13.8 Å². The first-order chi connectivity index (χ1) is 14.5. The standard InChI is InChI=1S/C20H21F2N5O3.HI/c1-23-20(25-10-18-26-13-5-3-4-6-14(13)27(18)2)24-9-12-7-16-17(29-11-28-16)8-15(12)30-19(21)22;/h3-8,19H,9-11H2,1-2H3,(H2,23,24,25);1H. The van der Waals surface area contributed by atoms with Gasteiger partial charge >= 0.3 is 6.61 Å². The van der Waals surface area contributed by atoms with Crippen molar-refractivity contribution in [3.05, 3.63) is 47.8 Å². The molecule has 0 saturated heterocycles. The molecule has 2 heterocycles. The van der Waals surface area contributed by atoms with Crippen LogP contribution in [0.4, 0.5) is 8.78 Å². The quantitative estimate of drug-likeness (QED) is 0.281. The Kier molecular flexibility index (Phi) is 7.36. The molecule has 31 heavy (non-hydrogen) atoms. The molecule has 11 heteroatoms. The van der Waals surface area contributed by atoms with Gasteiger partial charge in [0, 0.05) is 32.3 Å². The molecule has 0 radical (unpaired) electrons. The first-order valence-electron chi connectivity index (χ1n) is 9.27. The number of hydrogen-bond donors (Lipinski definition) is 2. The van der Waals surface area contributed by atoms with Crippen LogP contribution in [0.3, 0.4) is 0 Å². The Balaban J connectivity index is 0.00000272. The SMILES string of the molecule is CN=C(NCc1cc2c(cc1OC(F)F)OCO2)NCc1nc2ccccc2n1C.I. The molecule has 0 fully saturated rings. The van der Waals surface area contributed by atoms with Gasteiger partial charge in [0.15, 0.2) is 17.5 Å². The number of guanidine groups is 1. The summed E-state index contributed by atoms with van der Waals surface area (Å²) in [6.45, 7) is -2.27. The number of benzene rings is 2. The molecule has 0 aliphatic carbocycles. The van der Waals surface area contributed by atoms with Gasteiger partial charge in [0.25, 0.3) is 0 Å². The zero-order valence-corrected chi connectivity index (χ0v) is 19.2. The highest BCUT2D eigenvalue weighted by Crippen LogP contribution is 2.38. The smallest absolute Gasteiger partial charge is 0.387 e. The highest BCUT2D eigenvalue weighted by molar-refractivity contribution is 14.0. The van der Waals surface area contributed by atoms with Crippen LogP contribution in [-0.2, 0) is 20.1 Å². The van der Waals surface area contributed by atoms with Gasteiger partial charge in [0.2, 0.25) is 6.79 Å². The topological polar surface area (TPSA) is 81.9 Å².